The highest BCUT2D eigenvalue weighted by molar-refractivity contribution is 6.02. The number of rotatable bonds is 5. The number of aryl methyl sites for hydroxylation is 1. The zero-order valence-electron chi connectivity index (χ0n) is 14.6. The van der Waals surface area contributed by atoms with Crippen LogP contribution >= 0.6 is 0 Å². The van der Waals surface area contributed by atoms with Crippen LogP contribution in [0.3, 0.4) is 0 Å². The van der Waals surface area contributed by atoms with Gasteiger partial charge in [0, 0.05) is 5.69 Å². The van der Waals surface area contributed by atoms with E-state index < -0.39 is 17.4 Å². The predicted octanol–water partition coefficient (Wildman–Crippen LogP) is 2.62. The van der Waals surface area contributed by atoms with Crippen molar-refractivity contribution in [3.63, 3.8) is 0 Å². The van der Waals surface area contributed by atoms with Crippen LogP contribution in [0.15, 0.2) is 36.4 Å². The van der Waals surface area contributed by atoms with E-state index in [1.165, 1.54) is 0 Å². The predicted molar refractivity (Wildman–Crippen MR) is 93.1 cm³/mol. The normalized spacial score (nSPS) is 32.3. The highest BCUT2D eigenvalue weighted by Crippen LogP contribution is 2.52. The molecule has 1 amide bonds. The second-order valence-corrected chi connectivity index (χ2v) is 7.18. The third kappa shape index (κ3) is 2.49. The SMILES string of the molecule is CCCCOC(=O)[C@H]1[C@@H]2C=C[C@]3(CN(c4ccc(C)cc4)C(=O)[C@H]13)O2. The van der Waals surface area contributed by atoms with Crippen LogP contribution in [0.4, 0.5) is 5.69 Å². The summed E-state index contributed by atoms with van der Waals surface area (Å²) in [5.74, 6) is -1.38. The Balaban J connectivity index is 1.59. The average molecular weight is 341 g/mol. The van der Waals surface area contributed by atoms with Gasteiger partial charge in [-0.3, -0.25) is 9.59 Å². The van der Waals surface area contributed by atoms with Gasteiger partial charge in [-0.2, -0.15) is 0 Å². The van der Waals surface area contributed by atoms with Crippen molar-refractivity contribution < 1.29 is 19.1 Å². The topological polar surface area (TPSA) is 55.8 Å². The molecule has 3 aliphatic heterocycles. The summed E-state index contributed by atoms with van der Waals surface area (Å²) < 4.78 is 11.5. The van der Waals surface area contributed by atoms with E-state index in [9.17, 15) is 9.59 Å². The minimum absolute atomic E-state index is 0.0480. The van der Waals surface area contributed by atoms with Gasteiger partial charge < -0.3 is 14.4 Å². The van der Waals surface area contributed by atoms with Crippen molar-refractivity contribution in [3.05, 3.63) is 42.0 Å². The van der Waals surface area contributed by atoms with Gasteiger partial charge in [0.15, 0.2) is 0 Å². The van der Waals surface area contributed by atoms with Gasteiger partial charge >= 0.3 is 5.97 Å². The molecule has 4 rings (SSSR count). The Hall–Kier alpha value is -2.14. The fourth-order valence-electron chi connectivity index (χ4n) is 4.12. The van der Waals surface area contributed by atoms with Crippen molar-refractivity contribution in [2.45, 2.75) is 38.4 Å². The number of unbranched alkanes of at least 4 members (excludes halogenated alkanes) is 1. The third-order valence-corrected chi connectivity index (χ3v) is 5.46. The van der Waals surface area contributed by atoms with E-state index in [2.05, 4.69) is 0 Å². The Morgan fingerprint density at radius 3 is 2.84 bits per heavy atom. The first kappa shape index (κ1) is 16.3. The number of hydrogen-bond donors (Lipinski definition) is 0. The van der Waals surface area contributed by atoms with E-state index in [0.29, 0.717) is 13.2 Å². The number of benzene rings is 1. The highest BCUT2D eigenvalue weighted by atomic mass is 16.6. The van der Waals surface area contributed by atoms with E-state index in [-0.39, 0.29) is 18.0 Å². The van der Waals surface area contributed by atoms with Crippen molar-refractivity contribution in [1.29, 1.82) is 0 Å². The maximum absolute atomic E-state index is 13.1. The first-order valence-corrected chi connectivity index (χ1v) is 8.97. The van der Waals surface area contributed by atoms with Crippen LogP contribution in [0.2, 0.25) is 0 Å². The van der Waals surface area contributed by atoms with Crippen LogP contribution in [-0.2, 0) is 19.1 Å². The minimum atomic E-state index is -0.693. The Morgan fingerprint density at radius 2 is 2.12 bits per heavy atom. The van der Waals surface area contributed by atoms with Crippen LogP contribution in [0.25, 0.3) is 0 Å². The average Bonchev–Trinajstić information content (AvgIpc) is 3.24. The van der Waals surface area contributed by atoms with Gasteiger partial charge in [-0.05, 0) is 25.5 Å². The summed E-state index contributed by atoms with van der Waals surface area (Å²) in [6.45, 7) is 4.91. The Labute approximate surface area is 147 Å². The summed E-state index contributed by atoms with van der Waals surface area (Å²) >= 11 is 0. The highest BCUT2D eigenvalue weighted by Gasteiger charge is 2.67. The molecule has 0 saturated carbocycles. The molecule has 1 aromatic rings. The lowest BCUT2D eigenvalue weighted by molar-refractivity contribution is -0.152. The Morgan fingerprint density at radius 1 is 1.36 bits per heavy atom. The van der Waals surface area contributed by atoms with Crippen LogP contribution in [0.5, 0.6) is 0 Å². The fourth-order valence-corrected chi connectivity index (χ4v) is 4.12. The standard InChI is InChI=1S/C20H23NO4/c1-3-4-11-24-19(23)16-15-9-10-20(25-15)12-21(18(22)17(16)20)14-7-5-13(2)6-8-14/h5-10,15-17H,3-4,11-12H2,1-2H3/t15-,16-,17-,20+/m0/s1. The summed E-state index contributed by atoms with van der Waals surface area (Å²) in [5, 5.41) is 0. The second-order valence-electron chi connectivity index (χ2n) is 7.18. The first-order valence-electron chi connectivity index (χ1n) is 8.97. The molecule has 1 spiro atoms. The number of anilines is 1. The molecular weight excluding hydrogens is 318 g/mol. The van der Waals surface area contributed by atoms with E-state index >= 15 is 0 Å². The summed E-state index contributed by atoms with van der Waals surface area (Å²) in [7, 11) is 0. The van der Waals surface area contributed by atoms with E-state index in [1.807, 2.05) is 50.3 Å². The van der Waals surface area contributed by atoms with Gasteiger partial charge in [0.25, 0.3) is 0 Å². The minimum Gasteiger partial charge on any atom is -0.465 e. The van der Waals surface area contributed by atoms with Crippen LogP contribution in [-0.4, -0.2) is 36.7 Å². The summed E-state index contributed by atoms with van der Waals surface area (Å²) in [4.78, 5) is 27.4. The summed E-state index contributed by atoms with van der Waals surface area (Å²) in [5.41, 5.74) is 1.29. The lowest BCUT2D eigenvalue weighted by atomic mass is 9.77. The van der Waals surface area contributed by atoms with Gasteiger partial charge in [0.2, 0.25) is 5.91 Å². The largest absolute Gasteiger partial charge is 0.465 e. The van der Waals surface area contributed by atoms with Crippen molar-refractivity contribution in [2.75, 3.05) is 18.1 Å². The quantitative estimate of drug-likeness (QED) is 0.469. The van der Waals surface area contributed by atoms with Gasteiger partial charge in [-0.15, -0.1) is 0 Å². The summed E-state index contributed by atoms with van der Waals surface area (Å²) in [6, 6.07) is 7.85. The number of amides is 1. The molecule has 3 aliphatic rings. The number of carbonyl (C=O) groups is 2. The molecule has 4 atom stereocenters. The maximum atomic E-state index is 13.1. The zero-order valence-corrected chi connectivity index (χ0v) is 14.6. The van der Waals surface area contributed by atoms with E-state index in [1.54, 1.807) is 4.90 Å². The van der Waals surface area contributed by atoms with E-state index in [0.717, 1.165) is 24.1 Å². The number of hydrogen-bond acceptors (Lipinski definition) is 4. The zero-order chi connectivity index (χ0) is 17.6. The summed E-state index contributed by atoms with van der Waals surface area (Å²) in [6.07, 6.45) is 5.33. The first-order chi connectivity index (χ1) is 12.1. The molecule has 0 unspecified atom stereocenters. The van der Waals surface area contributed by atoms with Gasteiger partial charge in [-0.1, -0.05) is 43.2 Å². The van der Waals surface area contributed by atoms with Crippen molar-refractivity contribution >= 4 is 17.6 Å². The molecule has 25 heavy (non-hydrogen) atoms. The molecule has 5 nitrogen and oxygen atoms in total. The van der Waals surface area contributed by atoms with Gasteiger partial charge in [0.1, 0.15) is 11.5 Å². The lowest BCUT2D eigenvalue weighted by Gasteiger charge is -2.22. The second kappa shape index (κ2) is 5.99. The van der Waals surface area contributed by atoms with Crippen LogP contribution in [0.1, 0.15) is 25.3 Å². The fraction of sp³-hybridized carbons (Fsp3) is 0.500. The molecule has 3 heterocycles. The van der Waals surface area contributed by atoms with Gasteiger partial charge in [-0.25, -0.2) is 0 Å². The molecule has 0 radical (unpaired) electrons. The number of ether oxygens (including phenoxy) is 2. The van der Waals surface area contributed by atoms with Crippen LogP contribution < -0.4 is 4.90 Å². The Kier molecular flexibility index (Phi) is 3.91. The number of carbonyl (C=O) groups excluding carboxylic acids is 2. The van der Waals surface area contributed by atoms with Crippen molar-refractivity contribution in [1.82, 2.24) is 0 Å². The molecule has 132 valence electrons. The molecule has 2 bridgehead atoms. The molecule has 2 fully saturated rings. The molecule has 1 aromatic carbocycles. The molecule has 0 aromatic heterocycles. The molecule has 2 saturated heterocycles. The molecule has 0 aliphatic carbocycles. The van der Waals surface area contributed by atoms with E-state index in [4.69, 9.17) is 9.47 Å². The van der Waals surface area contributed by atoms with Gasteiger partial charge in [0.05, 0.1) is 25.2 Å². The lowest BCUT2D eigenvalue weighted by Crippen LogP contribution is -2.40. The van der Waals surface area contributed by atoms with Crippen LogP contribution in [0, 0.1) is 18.8 Å². The number of fused-ring (bicyclic) bond motifs is 1. The molecule has 0 N–H and O–H groups in total. The molecule has 5 heteroatoms. The monoisotopic (exact) mass is 341 g/mol. The molecular formula is C20H23NO4. The number of esters is 1. The van der Waals surface area contributed by atoms with Crippen molar-refractivity contribution in [2.24, 2.45) is 11.8 Å². The smallest absolute Gasteiger partial charge is 0.312 e. The van der Waals surface area contributed by atoms with Crippen molar-refractivity contribution in [3.8, 4) is 0 Å². The third-order valence-electron chi connectivity index (χ3n) is 5.46. The number of nitrogens with zero attached hydrogens (tertiary/aromatic N) is 1. The maximum Gasteiger partial charge on any atom is 0.312 e. The Bertz CT molecular complexity index is 726.